The highest BCUT2D eigenvalue weighted by molar-refractivity contribution is 5.67. The molecule has 0 radical (unpaired) electrons. The van der Waals surface area contributed by atoms with Gasteiger partial charge in [-0.3, -0.25) is 20.2 Å². The first-order valence-corrected chi connectivity index (χ1v) is 6.32. The van der Waals surface area contributed by atoms with Gasteiger partial charge in [-0.05, 0) is 12.1 Å². The summed E-state index contributed by atoms with van der Waals surface area (Å²) < 4.78 is 1.94. The Labute approximate surface area is 132 Å². The molecule has 0 aliphatic rings. The van der Waals surface area contributed by atoms with E-state index in [0.29, 0.717) is 0 Å². The smallest absolute Gasteiger partial charge is 0.307 e. The van der Waals surface area contributed by atoms with Crippen LogP contribution >= 0.6 is 0 Å². The molecule has 0 bridgehead atoms. The van der Waals surface area contributed by atoms with Crippen molar-refractivity contribution in [3.8, 4) is 22.9 Å². The summed E-state index contributed by atoms with van der Waals surface area (Å²) in [6.45, 7) is 0. The highest BCUT2D eigenvalue weighted by Crippen LogP contribution is 2.35. The van der Waals surface area contributed by atoms with Crippen LogP contribution in [-0.4, -0.2) is 39.6 Å². The van der Waals surface area contributed by atoms with Gasteiger partial charge in [0.05, 0.1) is 9.85 Å². The zero-order valence-electron chi connectivity index (χ0n) is 11.7. The van der Waals surface area contributed by atoms with Crippen LogP contribution in [0, 0.1) is 20.2 Å². The number of hydrogen-bond acceptors (Lipinski definition) is 8. The third kappa shape index (κ3) is 2.37. The summed E-state index contributed by atoms with van der Waals surface area (Å²) in [5.74, 6) is -0.724. The summed E-state index contributed by atoms with van der Waals surface area (Å²) >= 11 is 0. The quantitative estimate of drug-likeness (QED) is 0.410. The van der Waals surface area contributed by atoms with Crippen molar-refractivity contribution in [3.05, 3.63) is 57.1 Å². The predicted octanol–water partition coefficient (Wildman–Crippen LogP) is 1.29. The molecule has 2 aromatic heterocycles. The van der Waals surface area contributed by atoms with E-state index in [1.54, 1.807) is 0 Å². The molecular formula is C12H8N6O6. The Kier molecular flexibility index (Phi) is 3.33. The molecule has 0 unspecified atom stereocenters. The highest BCUT2D eigenvalue weighted by atomic mass is 16.6. The second kappa shape index (κ2) is 5.35. The molecule has 3 aromatic rings. The molecule has 0 fully saturated rings. The lowest BCUT2D eigenvalue weighted by Gasteiger charge is -2.12. The largest absolute Gasteiger partial charge is 0.506 e. The van der Waals surface area contributed by atoms with Crippen LogP contribution in [0.5, 0.6) is 11.5 Å². The van der Waals surface area contributed by atoms with Crippen molar-refractivity contribution in [2.45, 2.75) is 0 Å². The summed E-state index contributed by atoms with van der Waals surface area (Å²) in [6.07, 6.45) is 3.96. The first kappa shape index (κ1) is 15.0. The number of nitrogens with zero attached hydrogens (tertiary/aromatic N) is 6. The second-order valence-corrected chi connectivity index (χ2v) is 4.60. The summed E-state index contributed by atoms with van der Waals surface area (Å²) in [5, 5.41) is 49.2. The van der Waals surface area contributed by atoms with Crippen molar-refractivity contribution in [2.24, 2.45) is 0 Å². The van der Waals surface area contributed by atoms with Gasteiger partial charge in [-0.2, -0.15) is 10.2 Å². The van der Waals surface area contributed by atoms with Crippen molar-refractivity contribution < 1.29 is 20.1 Å². The zero-order valence-corrected chi connectivity index (χ0v) is 11.7. The Morgan fingerprint density at radius 2 is 1.21 bits per heavy atom. The predicted molar refractivity (Wildman–Crippen MR) is 77.3 cm³/mol. The van der Waals surface area contributed by atoms with E-state index >= 15 is 0 Å². The standard InChI is InChI=1S/C12H8N6O6/c19-9-1-2-10(20)12(16-6-8(4-14-16)18(23)24)11(9)15-5-7(3-13-15)17(21)22/h1-6,19-20H. The van der Waals surface area contributed by atoms with Crippen molar-refractivity contribution in [2.75, 3.05) is 0 Å². The van der Waals surface area contributed by atoms with Crippen LogP contribution in [0.15, 0.2) is 36.9 Å². The minimum atomic E-state index is -0.679. The molecule has 122 valence electrons. The summed E-state index contributed by atoms with van der Waals surface area (Å²) in [4.78, 5) is 20.2. The number of hydrogen-bond donors (Lipinski definition) is 2. The van der Waals surface area contributed by atoms with Crippen LogP contribution in [0.1, 0.15) is 0 Å². The summed E-state index contributed by atoms with van der Waals surface area (Å²) in [6, 6.07) is 2.30. The number of benzene rings is 1. The van der Waals surface area contributed by atoms with E-state index in [9.17, 15) is 30.4 Å². The summed E-state index contributed by atoms with van der Waals surface area (Å²) in [7, 11) is 0. The molecule has 2 heterocycles. The maximum atomic E-state index is 10.8. The SMILES string of the molecule is O=[N+]([O-])c1cnn(-c2c(O)ccc(O)c2-n2cc([N+](=O)[O-])cn2)c1. The van der Waals surface area contributed by atoms with E-state index in [0.717, 1.165) is 46.3 Å². The van der Waals surface area contributed by atoms with E-state index in [2.05, 4.69) is 10.2 Å². The Balaban J connectivity index is 2.23. The molecule has 0 saturated heterocycles. The van der Waals surface area contributed by atoms with Gasteiger partial charge >= 0.3 is 11.4 Å². The van der Waals surface area contributed by atoms with Crippen molar-refractivity contribution in [1.29, 1.82) is 0 Å². The fourth-order valence-electron chi connectivity index (χ4n) is 2.07. The normalized spacial score (nSPS) is 10.7. The average molecular weight is 332 g/mol. The molecule has 0 atom stereocenters. The number of aromatic nitrogens is 4. The van der Waals surface area contributed by atoms with E-state index < -0.39 is 9.85 Å². The van der Waals surface area contributed by atoms with Crippen molar-refractivity contribution >= 4 is 11.4 Å². The van der Waals surface area contributed by atoms with Gasteiger partial charge in [0, 0.05) is 0 Å². The van der Waals surface area contributed by atoms with Crippen LogP contribution in [0.4, 0.5) is 11.4 Å². The number of rotatable bonds is 4. The van der Waals surface area contributed by atoms with E-state index in [1.807, 2.05) is 0 Å². The topological polar surface area (TPSA) is 162 Å². The molecule has 1 aromatic carbocycles. The molecule has 12 heteroatoms. The van der Waals surface area contributed by atoms with E-state index in [-0.39, 0.29) is 34.2 Å². The van der Waals surface area contributed by atoms with Crippen molar-refractivity contribution in [1.82, 2.24) is 19.6 Å². The fourth-order valence-corrected chi connectivity index (χ4v) is 2.07. The molecule has 2 N–H and O–H groups in total. The minimum absolute atomic E-state index is 0.124. The number of aromatic hydroxyl groups is 2. The average Bonchev–Trinajstić information content (AvgIpc) is 3.17. The molecule has 0 aliphatic heterocycles. The molecule has 24 heavy (non-hydrogen) atoms. The maximum Gasteiger partial charge on any atom is 0.307 e. The third-order valence-corrected chi connectivity index (χ3v) is 3.13. The van der Waals surface area contributed by atoms with Gasteiger partial charge in [-0.15, -0.1) is 0 Å². The Morgan fingerprint density at radius 3 is 1.50 bits per heavy atom. The van der Waals surface area contributed by atoms with Crippen LogP contribution < -0.4 is 0 Å². The van der Waals surface area contributed by atoms with E-state index in [4.69, 9.17) is 0 Å². The monoisotopic (exact) mass is 332 g/mol. The molecule has 0 saturated carbocycles. The van der Waals surface area contributed by atoms with Gasteiger partial charge < -0.3 is 10.2 Å². The molecule has 0 spiro atoms. The molecule has 3 rings (SSSR count). The number of nitro groups is 2. The van der Waals surface area contributed by atoms with Crippen LogP contribution in [0.25, 0.3) is 11.4 Å². The van der Waals surface area contributed by atoms with Gasteiger partial charge in [0.2, 0.25) is 0 Å². The Bertz CT molecular complexity index is 884. The fraction of sp³-hybridized carbons (Fsp3) is 0. The van der Waals surface area contributed by atoms with E-state index in [1.165, 1.54) is 0 Å². The maximum absolute atomic E-state index is 10.8. The van der Waals surface area contributed by atoms with Crippen LogP contribution in [0.2, 0.25) is 0 Å². The van der Waals surface area contributed by atoms with Gasteiger partial charge in [0.15, 0.2) is 0 Å². The molecular weight excluding hydrogens is 324 g/mol. The van der Waals surface area contributed by atoms with Gasteiger partial charge in [-0.1, -0.05) is 0 Å². The molecule has 0 amide bonds. The van der Waals surface area contributed by atoms with Gasteiger partial charge in [-0.25, -0.2) is 9.36 Å². The molecule has 12 nitrogen and oxygen atoms in total. The number of phenolic OH excluding ortho intramolecular Hbond substituents is 2. The Morgan fingerprint density at radius 1 is 0.833 bits per heavy atom. The Hall–Kier alpha value is -3.96. The van der Waals surface area contributed by atoms with Gasteiger partial charge in [0.25, 0.3) is 0 Å². The van der Waals surface area contributed by atoms with Gasteiger partial charge in [0.1, 0.15) is 47.7 Å². The minimum Gasteiger partial charge on any atom is -0.506 e. The molecule has 0 aliphatic carbocycles. The first-order valence-electron chi connectivity index (χ1n) is 6.32. The lowest BCUT2D eigenvalue weighted by Crippen LogP contribution is -2.05. The van der Waals surface area contributed by atoms with Crippen LogP contribution in [-0.2, 0) is 0 Å². The highest BCUT2D eigenvalue weighted by Gasteiger charge is 2.22. The lowest BCUT2D eigenvalue weighted by molar-refractivity contribution is -0.385. The third-order valence-electron chi connectivity index (χ3n) is 3.13. The first-order chi connectivity index (χ1) is 11.4. The second-order valence-electron chi connectivity index (χ2n) is 4.60. The van der Waals surface area contributed by atoms with Crippen LogP contribution in [0.3, 0.4) is 0 Å². The lowest BCUT2D eigenvalue weighted by atomic mass is 10.2. The number of phenols is 2. The zero-order chi connectivity index (χ0) is 17.4. The summed E-state index contributed by atoms with van der Waals surface area (Å²) in [5.41, 5.74) is -0.924. The van der Waals surface area contributed by atoms with Crippen molar-refractivity contribution in [3.63, 3.8) is 0 Å².